The monoisotopic (exact) mass is 387 g/mol. The predicted molar refractivity (Wildman–Crippen MR) is 99.2 cm³/mol. The van der Waals surface area contributed by atoms with E-state index in [4.69, 9.17) is 5.73 Å². The third kappa shape index (κ3) is 4.76. The molecule has 0 aliphatic carbocycles. The lowest BCUT2D eigenvalue weighted by atomic mass is 10.1. The van der Waals surface area contributed by atoms with Crippen LogP contribution in [0.4, 0.5) is 29.6 Å². The number of benzene rings is 2. The molecule has 144 valence electrons. The standard InChI is InChI=1S/C19H16F3N5O/c20-19(21,22)16-7-2-1-4-13(16)9-26-18(28)27-15-6-3-5-12(8-15)14-10-24-17(23)25-11-14/h1-8,10-11H,9H2,(H2,23,24,25)(H2,26,27,28). The van der Waals surface area contributed by atoms with Crippen LogP contribution in [0.25, 0.3) is 11.1 Å². The summed E-state index contributed by atoms with van der Waals surface area (Å²) in [6.45, 7) is -0.257. The van der Waals surface area contributed by atoms with Gasteiger partial charge in [-0.3, -0.25) is 0 Å². The number of nitrogens with zero attached hydrogens (tertiary/aromatic N) is 2. The van der Waals surface area contributed by atoms with E-state index in [1.165, 1.54) is 18.2 Å². The summed E-state index contributed by atoms with van der Waals surface area (Å²) in [7, 11) is 0. The van der Waals surface area contributed by atoms with E-state index in [9.17, 15) is 18.0 Å². The van der Waals surface area contributed by atoms with Crippen molar-refractivity contribution in [3.05, 3.63) is 72.1 Å². The van der Waals surface area contributed by atoms with Crippen molar-refractivity contribution >= 4 is 17.7 Å². The van der Waals surface area contributed by atoms with Gasteiger partial charge in [-0.05, 0) is 29.3 Å². The van der Waals surface area contributed by atoms with Gasteiger partial charge in [0.15, 0.2) is 0 Å². The van der Waals surface area contributed by atoms with Gasteiger partial charge in [-0.15, -0.1) is 0 Å². The average molecular weight is 387 g/mol. The van der Waals surface area contributed by atoms with E-state index >= 15 is 0 Å². The highest BCUT2D eigenvalue weighted by molar-refractivity contribution is 5.90. The number of nitrogens with two attached hydrogens (primary N) is 1. The number of amides is 2. The topological polar surface area (TPSA) is 92.9 Å². The normalized spacial score (nSPS) is 11.1. The SMILES string of the molecule is Nc1ncc(-c2cccc(NC(=O)NCc3ccccc3C(F)(F)F)c2)cn1. The number of anilines is 2. The molecule has 1 heterocycles. The second-order valence-electron chi connectivity index (χ2n) is 5.87. The highest BCUT2D eigenvalue weighted by Crippen LogP contribution is 2.31. The fraction of sp³-hybridized carbons (Fsp3) is 0.105. The molecule has 0 radical (unpaired) electrons. The molecule has 4 N–H and O–H groups in total. The molecule has 0 saturated heterocycles. The van der Waals surface area contributed by atoms with Crippen molar-refractivity contribution in [1.82, 2.24) is 15.3 Å². The first-order chi connectivity index (χ1) is 13.3. The van der Waals surface area contributed by atoms with Crippen LogP contribution in [0.1, 0.15) is 11.1 Å². The summed E-state index contributed by atoms with van der Waals surface area (Å²) in [5.74, 6) is 0.150. The number of hydrogen-bond donors (Lipinski definition) is 3. The summed E-state index contributed by atoms with van der Waals surface area (Å²) >= 11 is 0. The van der Waals surface area contributed by atoms with E-state index in [0.717, 1.165) is 11.6 Å². The molecule has 0 fully saturated rings. The van der Waals surface area contributed by atoms with E-state index in [2.05, 4.69) is 20.6 Å². The molecule has 2 aromatic carbocycles. The molecule has 28 heavy (non-hydrogen) atoms. The molecule has 3 aromatic rings. The van der Waals surface area contributed by atoms with Crippen LogP contribution in [-0.2, 0) is 12.7 Å². The van der Waals surface area contributed by atoms with Crippen LogP contribution in [0.15, 0.2) is 60.9 Å². The number of alkyl halides is 3. The third-order valence-corrected chi connectivity index (χ3v) is 3.89. The van der Waals surface area contributed by atoms with Gasteiger partial charge in [-0.25, -0.2) is 14.8 Å². The van der Waals surface area contributed by atoms with Gasteiger partial charge < -0.3 is 16.4 Å². The number of hydrogen-bond acceptors (Lipinski definition) is 4. The maximum atomic E-state index is 13.0. The van der Waals surface area contributed by atoms with Crippen molar-refractivity contribution in [2.75, 3.05) is 11.1 Å². The summed E-state index contributed by atoms with van der Waals surface area (Å²) in [6, 6.07) is 11.3. The van der Waals surface area contributed by atoms with Gasteiger partial charge in [0.1, 0.15) is 0 Å². The zero-order chi connectivity index (χ0) is 20.1. The molecule has 0 aliphatic rings. The second kappa shape index (κ2) is 7.95. The fourth-order valence-corrected chi connectivity index (χ4v) is 2.57. The molecule has 0 bridgehead atoms. The maximum absolute atomic E-state index is 13.0. The molecule has 0 atom stereocenters. The number of aromatic nitrogens is 2. The van der Waals surface area contributed by atoms with Gasteiger partial charge in [0, 0.05) is 30.2 Å². The Hall–Kier alpha value is -3.62. The van der Waals surface area contributed by atoms with Crippen LogP contribution >= 0.6 is 0 Å². The van der Waals surface area contributed by atoms with Gasteiger partial charge in [0.2, 0.25) is 5.95 Å². The van der Waals surface area contributed by atoms with E-state index in [1.807, 2.05) is 0 Å². The van der Waals surface area contributed by atoms with Crippen molar-refractivity contribution < 1.29 is 18.0 Å². The van der Waals surface area contributed by atoms with Gasteiger partial charge >= 0.3 is 12.2 Å². The lowest BCUT2D eigenvalue weighted by Gasteiger charge is -2.14. The molecule has 0 saturated carbocycles. The highest BCUT2D eigenvalue weighted by Gasteiger charge is 2.32. The highest BCUT2D eigenvalue weighted by atomic mass is 19.4. The van der Waals surface area contributed by atoms with Gasteiger partial charge in [0.25, 0.3) is 0 Å². The Labute approximate surface area is 158 Å². The largest absolute Gasteiger partial charge is 0.416 e. The average Bonchev–Trinajstić information content (AvgIpc) is 2.67. The first-order valence-electron chi connectivity index (χ1n) is 8.21. The number of carbonyl (C=O) groups excluding carboxylic acids is 1. The summed E-state index contributed by atoms with van der Waals surface area (Å²) in [5, 5.41) is 5.03. The van der Waals surface area contributed by atoms with Crippen molar-refractivity contribution in [2.45, 2.75) is 12.7 Å². The molecule has 0 spiro atoms. The summed E-state index contributed by atoms with van der Waals surface area (Å²) < 4.78 is 39.0. The summed E-state index contributed by atoms with van der Waals surface area (Å²) in [5.41, 5.74) is 6.59. The lowest BCUT2D eigenvalue weighted by Crippen LogP contribution is -2.29. The maximum Gasteiger partial charge on any atom is 0.416 e. The Morgan fingerprint density at radius 2 is 1.71 bits per heavy atom. The smallest absolute Gasteiger partial charge is 0.368 e. The molecular formula is C19H16F3N5O. The van der Waals surface area contributed by atoms with E-state index < -0.39 is 17.8 Å². The number of nitrogens with one attached hydrogen (secondary N) is 2. The fourth-order valence-electron chi connectivity index (χ4n) is 2.57. The van der Waals surface area contributed by atoms with Crippen LogP contribution in [-0.4, -0.2) is 16.0 Å². The minimum atomic E-state index is -4.48. The van der Waals surface area contributed by atoms with Crippen molar-refractivity contribution in [3.8, 4) is 11.1 Å². The van der Waals surface area contributed by atoms with Gasteiger partial charge in [0.05, 0.1) is 5.56 Å². The Balaban J connectivity index is 1.66. The van der Waals surface area contributed by atoms with Crippen LogP contribution in [0.2, 0.25) is 0 Å². The minimum Gasteiger partial charge on any atom is -0.368 e. The molecule has 0 unspecified atom stereocenters. The Morgan fingerprint density at radius 3 is 2.43 bits per heavy atom. The van der Waals surface area contributed by atoms with Crippen LogP contribution < -0.4 is 16.4 Å². The van der Waals surface area contributed by atoms with E-state index in [-0.39, 0.29) is 18.1 Å². The van der Waals surface area contributed by atoms with Crippen molar-refractivity contribution in [3.63, 3.8) is 0 Å². The first-order valence-corrected chi connectivity index (χ1v) is 8.21. The molecule has 9 heteroatoms. The zero-order valence-corrected chi connectivity index (χ0v) is 14.5. The lowest BCUT2D eigenvalue weighted by molar-refractivity contribution is -0.138. The number of urea groups is 1. The van der Waals surface area contributed by atoms with Crippen molar-refractivity contribution in [2.24, 2.45) is 0 Å². The number of nitrogen functional groups attached to an aromatic ring is 1. The number of carbonyl (C=O) groups is 1. The summed E-state index contributed by atoms with van der Waals surface area (Å²) in [4.78, 5) is 19.9. The van der Waals surface area contributed by atoms with E-state index in [1.54, 1.807) is 36.7 Å². The van der Waals surface area contributed by atoms with Crippen LogP contribution in [0.5, 0.6) is 0 Å². The summed E-state index contributed by atoms with van der Waals surface area (Å²) in [6.07, 6.45) is -1.38. The molecule has 1 aromatic heterocycles. The van der Waals surface area contributed by atoms with Gasteiger partial charge in [-0.2, -0.15) is 13.2 Å². The minimum absolute atomic E-state index is 0.0158. The Morgan fingerprint density at radius 1 is 1.00 bits per heavy atom. The Bertz CT molecular complexity index is 974. The zero-order valence-electron chi connectivity index (χ0n) is 14.5. The molecule has 0 aliphatic heterocycles. The molecular weight excluding hydrogens is 371 g/mol. The molecule has 3 rings (SSSR count). The second-order valence-corrected chi connectivity index (χ2v) is 5.87. The molecule has 2 amide bonds. The quantitative estimate of drug-likeness (QED) is 0.629. The van der Waals surface area contributed by atoms with Crippen molar-refractivity contribution in [1.29, 1.82) is 0 Å². The molecule has 6 nitrogen and oxygen atoms in total. The number of rotatable bonds is 4. The van der Waals surface area contributed by atoms with Crippen LogP contribution in [0, 0.1) is 0 Å². The number of halogens is 3. The first kappa shape index (κ1) is 19.2. The van der Waals surface area contributed by atoms with Crippen LogP contribution in [0.3, 0.4) is 0 Å². The predicted octanol–water partition coefficient (Wildman–Crippen LogP) is 4.07. The van der Waals surface area contributed by atoms with Gasteiger partial charge in [-0.1, -0.05) is 30.3 Å². The third-order valence-electron chi connectivity index (χ3n) is 3.89. The van der Waals surface area contributed by atoms with E-state index in [0.29, 0.717) is 11.3 Å². The Kier molecular flexibility index (Phi) is 5.44.